The number of pyridine rings is 1. The van der Waals surface area contributed by atoms with Crippen LogP contribution in [0.3, 0.4) is 0 Å². The van der Waals surface area contributed by atoms with Crippen LogP contribution in [0.4, 0.5) is 5.82 Å². The van der Waals surface area contributed by atoms with Crippen molar-refractivity contribution in [1.82, 2.24) is 25.5 Å². The molecular formula is C24H34N8O3. The first-order valence-corrected chi connectivity index (χ1v) is 11.8. The fourth-order valence-electron chi connectivity index (χ4n) is 3.84. The second-order valence-electron chi connectivity index (χ2n) is 8.46. The van der Waals surface area contributed by atoms with Crippen molar-refractivity contribution in [2.45, 2.75) is 44.4 Å². The second kappa shape index (κ2) is 13.4. The van der Waals surface area contributed by atoms with Crippen molar-refractivity contribution in [2.24, 2.45) is 11.6 Å². The Balaban J connectivity index is 1.40. The van der Waals surface area contributed by atoms with Crippen molar-refractivity contribution in [3.63, 3.8) is 0 Å². The van der Waals surface area contributed by atoms with Gasteiger partial charge in [0.25, 0.3) is 5.91 Å². The number of likely N-dealkylation sites (N-methyl/N-ethyl adjacent to an activating group) is 1. The Bertz CT molecular complexity index is 1010. The van der Waals surface area contributed by atoms with Crippen LogP contribution >= 0.6 is 0 Å². The summed E-state index contributed by atoms with van der Waals surface area (Å²) in [6.45, 7) is 2.09. The topological polar surface area (TPSA) is 161 Å². The van der Waals surface area contributed by atoms with Gasteiger partial charge in [0, 0.05) is 44.9 Å². The SMILES string of the molecule is CNC(=O)/C(N)=C/N(N)CCCCc1ccc(NC(=O)Cc2cc(C3CCOCC3)ccn2)nn1. The van der Waals surface area contributed by atoms with E-state index in [9.17, 15) is 9.59 Å². The minimum Gasteiger partial charge on any atom is -0.393 e. The Labute approximate surface area is 205 Å². The van der Waals surface area contributed by atoms with Crippen LogP contribution in [0.2, 0.25) is 0 Å². The summed E-state index contributed by atoms with van der Waals surface area (Å²) in [6.07, 6.45) is 7.66. The van der Waals surface area contributed by atoms with Gasteiger partial charge < -0.3 is 26.1 Å². The Morgan fingerprint density at radius 3 is 2.69 bits per heavy atom. The second-order valence-corrected chi connectivity index (χ2v) is 8.46. The molecular weight excluding hydrogens is 448 g/mol. The molecule has 0 aromatic carbocycles. The third kappa shape index (κ3) is 8.62. The molecule has 2 aromatic heterocycles. The smallest absolute Gasteiger partial charge is 0.268 e. The summed E-state index contributed by atoms with van der Waals surface area (Å²) in [4.78, 5) is 28.2. The summed E-state index contributed by atoms with van der Waals surface area (Å²) in [7, 11) is 1.51. The molecule has 3 heterocycles. The molecule has 11 nitrogen and oxygen atoms in total. The average Bonchev–Trinajstić information content (AvgIpc) is 2.87. The van der Waals surface area contributed by atoms with Gasteiger partial charge >= 0.3 is 0 Å². The molecule has 2 amide bonds. The largest absolute Gasteiger partial charge is 0.393 e. The molecule has 0 spiro atoms. The van der Waals surface area contributed by atoms with Crippen molar-refractivity contribution in [3.8, 4) is 0 Å². The van der Waals surface area contributed by atoms with Gasteiger partial charge in [0.15, 0.2) is 5.82 Å². The van der Waals surface area contributed by atoms with Gasteiger partial charge in [0.1, 0.15) is 5.70 Å². The minimum atomic E-state index is -0.373. The number of hydrogen-bond donors (Lipinski definition) is 4. The maximum atomic E-state index is 12.5. The van der Waals surface area contributed by atoms with Crippen LogP contribution < -0.4 is 22.2 Å². The maximum absolute atomic E-state index is 12.5. The van der Waals surface area contributed by atoms with Gasteiger partial charge in [0.2, 0.25) is 5.91 Å². The van der Waals surface area contributed by atoms with Gasteiger partial charge in [-0.3, -0.25) is 14.6 Å². The van der Waals surface area contributed by atoms with Gasteiger partial charge in [-0.2, -0.15) is 5.10 Å². The highest BCUT2D eigenvalue weighted by molar-refractivity contribution is 5.92. The number of ether oxygens (including phenoxy) is 1. The molecule has 1 aliphatic heterocycles. The predicted molar refractivity (Wildman–Crippen MR) is 132 cm³/mol. The fourth-order valence-corrected chi connectivity index (χ4v) is 3.84. The van der Waals surface area contributed by atoms with Crippen LogP contribution in [0.1, 0.15) is 48.6 Å². The summed E-state index contributed by atoms with van der Waals surface area (Å²) in [5, 5.41) is 14.9. The molecule has 0 saturated carbocycles. The lowest BCUT2D eigenvalue weighted by molar-refractivity contribution is -0.117. The molecule has 3 rings (SSSR count). The van der Waals surface area contributed by atoms with Gasteiger partial charge in [-0.1, -0.05) is 0 Å². The Kier molecular flexibility index (Phi) is 9.93. The normalized spacial score (nSPS) is 14.4. The minimum absolute atomic E-state index is 0.0568. The number of carbonyl (C=O) groups is 2. The third-order valence-corrected chi connectivity index (χ3v) is 5.76. The molecule has 2 aromatic rings. The van der Waals surface area contributed by atoms with Crippen LogP contribution in [0, 0.1) is 0 Å². The molecule has 35 heavy (non-hydrogen) atoms. The van der Waals surface area contributed by atoms with E-state index >= 15 is 0 Å². The van der Waals surface area contributed by atoms with Crippen molar-refractivity contribution in [3.05, 3.63) is 59.3 Å². The molecule has 6 N–H and O–H groups in total. The van der Waals surface area contributed by atoms with Crippen LogP contribution in [-0.4, -0.2) is 58.8 Å². The highest BCUT2D eigenvalue weighted by atomic mass is 16.5. The number of carbonyl (C=O) groups excluding carboxylic acids is 2. The van der Waals surface area contributed by atoms with Gasteiger partial charge in [0.05, 0.1) is 12.1 Å². The van der Waals surface area contributed by atoms with E-state index in [1.54, 1.807) is 12.3 Å². The van der Waals surface area contributed by atoms with E-state index in [0.29, 0.717) is 24.7 Å². The van der Waals surface area contributed by atoms with E-state index in [-0.39, 0.29) is 23.9 Å². The summed E-state index contributed by atoms with van der Waals surface area (Å²) < 4.78 is 5.43. The van der Waals surface area contributed by atoms with E-state index in [2.05, 4.69) is 25.8 Å². The van der Waals surface area contributed by atoms with E-state index in [1.165, 1.54) is 23.8 Å². The van der Waals surface area contributed by atoms with Crippen molar-refractivity contribution in [2.75, 3.05) is 32.1 Å². The number of aryl methyl sites for hydroxylation is 1. The Morgan fingerprint density at radius 2 is 1.97 bits per heavy atom. The molecule has 0 atom stereocenters. The molecule has 0 unspecified atom stereocenters. The highest BCUT2D eigenvalue weighted by Crippen LogP contribution is 2.26. The molecule has 1 fully saturated rings. The molecule has 0 radical (unpaired) electrons. The monoisotopic (exact) mass is 482 g/mol. The van der Waals surface area contributed by atoms with Crippen LogP contribution in [0.25, 0.3) is 0 Å². The number of hydrogen-bond acceptors (Lipinski definition) is 9. The fraction of sp³-hybridized carbons (Fsp3) is 0.458. The van der Waals surface area contributed by atoms with Crippen molar-refractivity contribution < 1.29 is 14.3 Å². The zero-order valence-electron chi connectivity index (χ0n) is 20.1. The highest BCUT2D eigenvalue weighted by Gasteiger charge is 2.17. The van der Waals surface area contributed by atoms with E-state index in [0.717, 1.165) is 50.3 Å². The van der Waals surface area contributed by atoms with Crippen molar-refractivity contribution in [1.29, 1.82) is 0 Å². The number of unbranched alkanes of at least 4 members (excludes halogenated alkanes) is 1. The zero-order valence-corrected chi connectivity index (χ0v) is 20.1. The number of nitrogens with two attached hydrogens (primary N) is 2. The summed E-state index contributed by atoms with van der Waals surface area (Å²) >= 11 is 0. The van der Waals surface area contributed by atoms with Crippen LogP contribution in [0.15, 0.2) is 42.4 Å². The summed E-state index contributed by atoms with van der Waals surface area (Å²) in [5.41, 5.74) is 8.44. The Morgan fingerprint density at radius 1 is 1.17 bits per heavy atom. The molecule has 0 bridgehead atoms. The zero-order chi connectivity index (χ0) is 25.0. The Hall–Kier alpha value is -3.57. The molecule has 0 aliphatic carbocycles. The number of anilines is 1. The van der Waals surface area contributed by atoms with Gasteiger partial charge in [-0.15, -0.1) is 5.10 Å². The first-order valence-electron chi connectivity index (χ1n) is 11.8. The first-order chi connectivity index (χ1) is 16.9. The van der Waals surface area contributed by atoms with Crippen molar-refractivity contribution >= 4 is 17.6 Å². The molecule has 1 saturated heterocycles. The van der Waals surface area contributed by atoms with E-state index in [1.807, 2.05) is 18.2 Å². The summed E-state index contributed by atoms with van der Waals surface area (Å²) in [5.74, 6) is 6.14. The average molecular weight is 483 g/mol. The lowest BCUT2D eigenvalue weighted by Crippen LogP contribution is -2.32. The number of rotatable bonds is 11. The molecule has 11 heteroatoms. The van der Waals surface area contributed by atoms with Gasteiger partial charge in [-0.25, -0.2) is 5.84 Å². The van der Waals surface area contributed by atoms with Crippen LogP contribution in [-0.2, 0) is 27.2 Å². The van der Waals surface area contributed by atoms with E-state index in [4.69, 9.17) is 16.3 Å². The number of nitrogens with zero attached hydrogens (tertiary/aromatic N) is 4. The third-order valence-electron chi connectivity index (χ3n) is 5.76. The number of amides is 2. The number of nitrogens with one attached hydrogen (secondary N) is 2. The lowest BCUT2D eigenvalue weighted by atomic mass is 9.92. The summed E-state index contributed by atoms with van der Waals surface area (Å²) in [6, 6.07) is 7.61. The molecule has 1 aliphatic rings. The van der Waals surface area contributed by atoms with Gasteiger partial charge in [-0.05, 0) is 67.9 Å². The first kappa shape index (κ1) is 26.0. The standard InChI is InChI=1S/C24H34N8O3/c1-27-24(34)21(25)16-32(26)11-3-2-4-19-5-6-22(31-30-19)29-23(33)15-20-14-18(7-10-28-20)17-8-12-35-13-9-17/h5-7,10,14,16-17H,2-4,8-9,11-13,15,25-26H2,1H3,(H,27,34)(H,29,31,33)/b21-16-. The predicted octanol–water partition coefficient (Wildman–Crippen LogP) is 0.991. The number of hydrazine groups is 1. The quantitative estimate of drug-likeness (QED) is 0.158. The lowest BCUT2D eigenvalue weighted by Gasteiger charge is -2.22. The maximum Gasteiger partial charge on any atom is 0.268 e. The number of aromatic nitrogens is 3. The van der Waals surface area contributed by atoms with Crippen LogP contribution in [0.5, 0.6) is 0 Å². The van der Waals surface area contributed by atoms with E-state index < -0.39 is 0 Å². The molecule has 188 valence electrons.